The Morgan fingerprint density at radius 1 is 1.21 bits per heavy atom. The standard InChI is InChI=1S/C23H23ClFN3O4S/c1-33(31,32)16-6-15(10-26-11-16)23(30)28-19-8-14(19)9-20(28)22(29)27-21(12-2-3-12)13-4-5-17(24)18(25)7-13/h4-7,10-12,14,19-21H,2-3,8-9H2,1H3,(H,27,29)/t14-,19-,20-,21-/m1/s1. The number of benzene rings is 1. The van der Waals surface area contributed by atoms with E-state index < -0.39 is 27.6 Å². The fourth-order valence-electron chi connectivity index (χ4n) is 4.73. The Kier molecular flexibility index (Phi) is 5.44. The molecule has 2 saturated carbocycles. The predicted octanol–water partition coefficient (Wildman–Crippen LogP) is 3.15. The third-order valence-electron chi connectivity index (χ3n) is 6.72. The Labute approximate surface area is 196 Å². The number of hydrogen-bond acceptors (Lipinski definition) is 5. The van der Waals surface area contributed by atoms with Gasteiger partial charge in [-0.05, 0) is 61.3 Å². The van der Waals surface area contributed by atoms with E-state index in [1.807, 2.05) is 0 Å². The Hall–Kier alpha value is -2.52. The largest absolute Gasteiger partial charge is 0.347 e. The summed E-state index contributed by atoms with van der Waals surface area (Å²) in [5.74, 6) is -0.756. The number of aromatic nitrogens is 1. The summed E-state index contributed by atoms with van der Waals surface area (Å²) in [6.07, 6.45) is 6.81. The van der Waals surface area contributed by atoms with Crippen LogP contribution in [-0.4, -0.2) is 48.5 Å². The summed E-state index contributed by atoms with van der Waals surface area (Å²) in [5.41, 5.74) is 0.792. The van der Waals surface area contributed by atoms with Crippen LogP contribution in [0.15, 0.2) is 41.6 Å². The molecule has 33 heavy (non-hydrogen) atoms. The summed E-state index contributed by atoms with van der Waals surface area (Å²) in [6.45, 7) is 0. The summed E-state index contributed by atoms with van der Waals surface area (Å²) in [4.78, 5) is 32.1. The first-order valence-corrected chi connectivity index (χ1v) is 13.1. The molecule has 0 radical (unpaired) electrons. The molecule has 10 heteroatoms. The summed E-state index contributed by atoms with van der Waals surface area (Å²) in [5, 5.41) is 3.07. The first-order valence-electron chi connectivity index (χ1n) is 10.9. The minimum atomic E-state index is -3.52. The number of piperidine rings is 1. The zero-order valence-electron chi connectivity index (χ0n) is 17.9. The van der Waals surface area contributed by atoms with Crippen molar-refractivity contribution in [2.24, 2.45) is 11.8 Å². The first kappa shape index (κ1) is 22.3. The lowest BCUT2D eigenvalue weighted by Gasteiger charge is -2.29. The van der Waals surface area contributed by atoms with E-state index in [0.29, 0.717) is 12.0 Å². The van der Waals surface area contributed by atoms with Crippen molar-refractivity contribution in [3.05, 3.63) is 58.6 Å². The lowest BCUT2D eigenvalue weighted by Crippen LogP contribution is -2.49. The number of rotatable bonds is 6. The highest BCUT2D eigenvalue weighted by atomic mass is 35.5. The number of carbonyl (C=O) groups is 2. The number of nitrogens with zero attached hydrogens (tertiary/aromatic N) is 2. The molecule has 1 aromatic carbocycles. The number of amides is 2. The minimum absolute atomic E-state index is 0.0252. The number of likely N-dealkylation sites (tertiary alicyclic amines) is 1. The van der Waals surface area contributed by atoms with Crippen LogP contribution >= 0.6 is 11.6 Å². The van der Waals surface area contributed by atoms with Crippen molar-refractivity contribution >= 4 is 33.3 Å². The molecule has 0 unspecified atom stereocenters. The summed E-state index contributed by atoms with van der Waals surface area (Å²) in [6, 6.07) is 4.79. The maximum absolute atomic E-state index is 14.0. The van der Waals surface area contributed by atoms with E-state index in [2.05, 4.69) is 10.3 Å². The molecule has 1 aliphatic heterocycles. The minimum Gasteiger partial charge on any atom is -0.347 e. The van der Waals surface area contributed by atoms with Crippen LogP contribution in [0.3, 0.4) is 0 Å². The first-order chi connectivity index (χ1) is 15.6. The van der Waals surface area contributed by atoms with Gasteiger partial charge in [-0.1, -0.05) is 17.7 Å². The van der Waals surface area contributed by atoms with Crippen molar-refractivity contribution in [2.75, 3.05) is 6.26 Å². The highest BCUT2D eigenvalue weighted by Gasteiger charge is 2.56. The number of halogens is 2. The Bertz CT molecular complexity index is 1250. The van der Waals surface area contributed by atoms with Gasteiger partial charge in [0.25, 0.3) is 5.91 Å². The summed E-state index contributed by atoms with van der Waals surface area (Å²) >= 11 is 5.81. The molecule has 1 N–H and O–H groups in total. The van der Waals surface area contributed by atoms with Crippen molar-refractivity contribution in [3.8, 4) is 0 Å². The third-order valence-corrected chi connectivity index (χ3v) is 8.11. The van der Waals surface area contributed by atoms with Crippen LogP contribution in [0.2, 0.25) is 5.02 Å². The molecule has 1 saturated heterocycles. The van der Waals surface area contributed by atoms with Crippen molar-refractivity contribution in [2.45, 2.75) is 48.7 Å². The quantitative estimate of drug-likeness (QED) is 0.669. The number of carbonyl (C=O) groups excluding carboxylic acids is 2. The normalized spacial score (nSPS) is 24.8. The van der Waals surface area contributed by atoms with Crippen LogP contribution in [0, 0.1) is 17.7 Å². The molecule has 3 aliphatic rings. The Morgan fingerprint density at radius 2 is 1.97 bits per heavy atom. The van der Waals surface area contributed by atoms with Crippen LogP contribution in [0.5, 0.6) is 0 Å². The van der Waals surface area contributed by atoms with E-state index in [1.54, 1.807) is 11.0 Å². The number of pyridine rings is 1. The van der Waals surface area contributed by atoms with Crippen molar-refractivity contribution in [1.82, 2.24) is 15.2 Å². The van der Waals surface area contributed by atoms with Gasteiger partial charge in [-0.3, -0.25) is 14.6 Å². The van der Waals surface area contributed by atoms with Gasteiger partial charge in [0.15, 0.2) is 9.84 Å². The molecule has 2 amide bonds. The smallest absolute Gasteiger partial charge is 0.256 e. The third kappa shape index (κ3) is 4.36. The van der Waals surface area contributed by atoms with E-state index >= 15 is 0 Å². The van der Waals surface area contributed by atoms with E-state index in [4.69, 9.17) is 11.6 Å². The second kappa shape index (κ2) is 8.06. The van der Waals surface area contributed by atoms with Gasteiger partial charge in [-0.25, -0.2) is 12.8 Å². The highest BCUT2D eigenvalue weighted by molar-refractivity contribution is 7.90. The van der Waals surface area contributed by atoms with E-state index in [1.165, 1.54) is 30.6 Å². The average molecular weight is 492 g/mol. The molecule has 3 fully saturated rings. The van der Waals surface area contributed by atoms with Crippen LogP contribution in [0.4, 0.5) is 4.39 Å². The van der Waals surface area contributed by atoms with Crippen molar-refractivity contribution in [1.29, 1.82) is 0 Å². The molecule has 0 spiro atoms. The van der Waals surface area contributed by atoms with Crippen molar-refractivity contribution < 1.29 is 22.4 Å². The number of fused-ring (bicyclic) bond motifs is 1. The van der Waals surface area contributed by atoms with Gasteiger partial charge in [0.05, 0.1) is 21.5 Å². The summed E-state index contributed by atoms with van der Waals surface area (Å²) < 4.78 is 37.8. The SMILES string of the molecule is CS(=O)(=O)c1cncc(C(=O)N2[C@@H](C(=O)N[C@@H](c3ccc(Cl)c(F)c3)C3CC3)C[C@H]3C[C@H]32)c1. The maximum Gasteiger partial charge on any atom is 0.256 e. The molecule has 4 atom stereocenters. The van der Waals surface area contributed by atoms with Crippen molar-refractivity contribution in [3.63, 3.8) is 0 Å². The van der Waals surface area contributed by atoms with Gasteiger partial charge in [0.1, 0.15) is 11.9 Å². The molecule has 174 valence electrons. The van der Waals surface area contributed by atoms with Gasteiger partial charge >= 0.3 is 0 Å². The predicted molar refractivity (Wildman–Crippen MR) is 119 cm³/mol. The average Bonchev–Trinajstić information content (AvgIpc) is 3.71. The highest BCUT2D eigenvalue weighted by Crippen LogP contribution is 2.49. The topological polar surface area (TPSA) is 96.4 Å². The Morgan fingerprint density at radius 3 is 2.64 bits per heavy atom. The van der Waals surface area contributed by atoms with Crippen LogP contribution in [0.25, 0.3) is 0 Å². The van der Waals surface area contributed by atoms with E-state index in [9.17, 15) is 22.4 Å². The molecule has 2 heterocycles. The van der Waals surface area contributed by atoms with Gasteiger partial charge in [0.2, 0.25) is 5.91 Å². The van der Waals surface area contributed by atoms with Crippen LogP contribution in [0.1, 0.15) is 47.6 Å². The van der Waals surface area contributed by atoms with E-state index in [0.717, 1.165) is 25.5 Å². The monoisotopic (exact) mass is 491 g/mol. The Balaban J connectivity index is 1.38. The second-order valence-electron chi connectivity index (χ2n) is 9.21. The maximum atomic E-state index is 14.0. The lowest BCUT2D eigenvalue weighted by atomic mass is 10.0. The second-order valence-corrected chi connectivity index (χ2v) is 11.6. The lowest BCUT2D eigenvalue weighted by molar-refractivity contribution is -0.126. The molecule has 0 bridgehead atoms. The summed E-state index contributed by atoms with van der Waals surface area (Å²) in [7, 11) is -3.52. The molecular formula is C23H23ClFN3O4S. The fourth-order valence-corrected chi connectivity index (χ4v) is 5.44. The molecule has 1 aromatic heterocycles. The number of hydrogen-bond donors (Lipinski definition) is 1. The van der Waals surface area contributed by atoms with Gasteiger partial charge in [-0.2, -0.15) is 0 Å². The van der Waals surface area contributed by atoms with Gasteiger partial charge < -0.3 is 10.2 Å². The number of nitrogens with one attached hydrogen (secondary N) is 1. The number of sulfone groups is 1. The molecule has 7 nitrogen and oxygen atoms in total. The van der Waals surface area contributed by atoms with E-state index in [-0.39, 0.29) is 45.3 Å². The van der Waals surface area contributed by atoms with Crippen LogP contribution < -0.4 is 5.32 Å². The van der Waals surface area contributed by atoms with Crippen LogP contribution in [-0.2, 0) is 14.6 Å². The zero-order valence-corrected chi connectivity index (χ0v) is 19.4. The molecule has 2 aromatic rings. The fraction of sp³-hybridized carbons (Fsp3) is 0.435. The molecule has 2 aliphatic carbocycles. The molecule has 5 rings (SSSR count). The van der Waals surface area contributed by atoms with Gasteiger partial charge in [0, 0.05) is 24.7 Å². The molecular weight excluding hydrogens is 469 g/mol. The zero-order chi connectivity index (χ0) is 23.5. The van der Waals surface area contributed by atoms with Gasteiger partial charge in [-0.15, -0.1) is 0 Å².